The second kappa shape index (κ2) is 5.63. The Balaban J connectivity index is 2.16. The summed E-state index contributed by atoms with van der Waals surface area (Å²) in [6.45, 7) is 3.33. The molecule has 0 bridgehead atoms. The topological polar surface area (TPSA) is 12.0 Å². The quantitative estimate of drug-likeness (QED) is 0.827. The Hall–Kier alpha value is 0.110. The fourth-order valence-electron chi connectivity index (χ4n) is 1.85. The summed E-state index contributed by atoms with van der Waals surface area (Å²) < 4.78 is 0. The SMILES string of the molecule is CC1CCNC(c2ccc(Cl)cc2Cl)CS1. The van der Waals surface area contributed by atoms with Crippen LogP contribution in [0.4, 0.5) is 0 Å². The summed E-state index contributed by atoms with van der Waals surface area (Å²) in [6, 6.07) is 6.10. The summed E-state index contributed by atoms with van der Waals surface area (Å²) in [5, 5.41) is 5.73. The number of rotatable bonds is 1. The van der Waals surface area contributed by atoms with E-state index in [0.717, 1.165) is 28.1 Å². The molecule has 1 fully saturated rings. The minimum atomic E-state index is 0.347. The molecule has 1 heterocycles. The molecule has 1 aromatic rings. The van der Waals surface area contributed by atoms with Crippen LogP contribution in [0.25, 0.3) is 0 Å². The van der Waals surface area contributed by atoms with Crippen LogP contribution in [0, 0.1) is 0 Å². The van der Waals surface area contributed by atoms with Crippen LogP contribution in [0.1, 0.15) is 24.9 Å². The molecule has 1 saturated heterocycles. The molecular weight excluding hydrogens is 261 g/mol. The number of nitrogens with one attached hydrogen (secondary N) is 1. The van der Waals surface area contributed by atoms with Crippen LogP contribution in [-0.4, -0.2) is 17.5 Å². The maximum absolute atomic E-state index is 6.22. The Morgan fingerprint density at radius 3 is 2.94 bits per heavy atom. The number of halogens is 2. The second-order valence-corrected chi connectivity index (χ2v) is 6.42. The predicted octanol–water partition coefficient (Wildman–Crippen LogP) is 4.15. The lowest BCUT2D eigenvalue weighted by atomic mass is 10.1. The molecule has 2 rings (SSSR count). The largest absolute Gasteiger partial charge is 0.309 e. The van der Waals surface area contributed by atoms with Gasteiger partial charge in [0.25, 0.3) is 0 Å². The molecule has 0 saturated carbocycles. The first kappa shape index (κ1) is 12.6. The molecule has 16 heavy (non-hydrogen) atoms. The molecule has 1 aromatic carbocycles. The van der Waals surface area contributed by atoms with Gasteiger partial charge in [-0.1, -0.05) is 36.2 Å². The molecule has 1 aliphatic rings. The molecule has 2 atom stereocenters. The fraction of sp³-hybridized carbons (Fsp3) is 0.500. The molecule has 0 radical (unpaired) electrons. The zero-order chi connectivity index (χ0) is 11.5. The molecule has 1 aliphatic heterocycles. The van der Waals surface area contributed by atoms with Crippen molar-refractivity contribution in [2.45, 2.75) is 24.6 Å². The van der Waals surface area contributed by atoms with Gasteiger partial charge < -0.3 is 5.32 Å². The first-order valence-corrected chi connectivity index (χ1v) is 7.27. The van der Waals surface area contributed by atoms with Gasteiger partial charge in [-0.05, 0) is 30.7 Å². The molecule has 1 nitrogen and oxygen atoms in total. The summed E-state index contributed by atoms with van der Waals surface area (Å²) in [5.74, 6) is 1.07. The summed E-state index contributed by atoms with van der Waals surface area (Å²) in [6.07, 6.45) is 1.21. The van der Waals surface area contributed by atoms with Crippen molar-refractivity contribution in [3.63, 3.8) is 0 Å². The molecule has 88 valence electrons. The highest BCUT2D eigenvalue weighted by atomic mass is 35.5. The van der Waals surface area contributed by atoms with Crippen molar-refractivity contribution in [2.75, 3.05) is 12.3 Å². The third-order valence-corrected chi connectivity index (χ3v) is 4.72. The van der Waals surface area contributed by atoms with E-state index in [9.17, 15) is 0 Å². The lowest BCUT2D eigenvalue weighted by Crippen LogP contribution is -2.22. The van der Waals surface area contributed by atoms with Gasteiger partial charge in [0.2, 0.25) is 0 Å². The van der Waals surface area contributed by atoms with Gasteiger partial charge in [-0.15, -0.1) is 0 Å². The maximum Gasteiger partial charge on any atom is 0.0468 e. The van der Waals surface area contributed by atoms with E-state index in [-0.39, 0.29) is 0 Å². The van der Waals surface area contributed by atoms with E-state index in [1.54, 1.807) is 0 Å². The van der Waals surface area contributed by atoms with E-state index in [1.807, 2.05) is 30.0 Å². The number of hydrogen-bond acceptors (Lipinski definition) is 2. The van der Waals surface area contributed by atoms with E-state index < -0.39 is 0 Å². The highest BCUT2D eigenvalue weighted by Crippen LogP contribution is 2.31. The predicted molar refractivity (Wildman–Crippen MR) is 73.7 cm³/mol. The van der Waals surface area contributed by atoms with E-state index >= 15 is 0 Å². The van der Waals surface area contributed by atoms with E-state index in [2.05, 4.69) is 12.2 Å². The fourth-order valence-corrected chi connectivity index (χ4v) is 3.49. The van der Waals surface area contributed by atoms with Crippen molar-refractivity contribution in [1.82, 2.24) is 5.32 Å². The van der Waals surface area contributed by atoms with Crippen LogP contribution in [0.15, 0.2) is 18.2 Å². The Bertz CT molecular complexity index is 370. The number of benzene rings is 1. The average Bonchev–Trinajstić information content (AvgIpc) is 2.43. The molecule has 2 unspecified atom stereocenters. The highest BCUT2D eigenvalue weighted by molar-refractivity contribution is 7.99. The van der Waals surface area contributed by atoms with Gasteiger partial charge in [0.1, 0.15) is 0 Å². The number of thioether (sulfide) groups is 1. The van der Waals surface area contributed by atoms with Gasteiger partial charge in [0.15, 0.2) is 0 Å². The molecule has 0 aromatic heterocycles. The van der Waals surface area contributed by atoms with Crippen LogP contribution in [-0.2, 0) is 0 Å². The van der Waals surface area contributed by atoms with Crippen LogP contribution in [0.3, 0.4) is 0 Å². The zero-order valence-corrected chi connectivity index (χ0v) is 11.5. The normalized spacial score (nSPS) is 26.4. The molecular formula is C12H15Cl2NS. The van der Waals surface area contributed by atoms with Crippen LogP contribution < -0.4 is 5.32 Å². The highest BCUT2D eigenvalue weighted by Gasteiger charge is 2.19. The molecule has 0 amide bonds. The van der Waals surface area contributed by atoms with Gasteiger partial charge >= 0.3 is 0 Å². The van der Waals surface area contributed by atoms with Gasteiger partial charge in [-0.2, -0.15) is 11.8 Å². The Morgan fingerprint density at radius 1 is 1.38 bits per heavy atom. The third-order valence-electron chi connectivity index (χ3n) is 2.83. The van der Waals surface area contributed by atoms with Crippen molar-refractivity contribution < 1.29 is 0 Å². The zero-order valence-electron chi connectivity index (χ0n) is 9.17. The van der Waals surface area contributed by atoms with E-state index in [1.165, 1.54) is 6.42 Å². The molecule has 0 aliphatic carbocycles. The summed E-state index contributed by atoms with van der Waals surface area (Å²) in [7, 11) is 0. The first-order chi connectivity index (χ1) is 7.66. The molecule has 0 spiro atoms. The Labute approximate surface area is 111 Å². The Kier molecular flexibility index (Phi) is 4.42. The van der Waals surface area contributed by atoms with Crippen molar-refractivity contribution in [3.05, 3.63) is 33.8 Å². The number of hydrogen-bond donors (Lipinski definition) is 1. The average molecular weight is 276 g/mol. The smallest absolute Gasteiger partial charge is 0.0468 e. The summed E-state index contributed by atoms with van der Waals surface area (Å²) in [4.78, 5) is 0. The van der Waals surface area contributed by atoms with Crippen molar-refractivity contribution >= 4 is 35.0 Å². The minimum Gasteiger partial charge on any atom is -0.309 e. The standard InChI is InChI=1S/C12H15Cl2NS/c1-8-4-5-15-12(7-16-8)10-3-2-9(13)6-11(10)14/h2-3,6,8,12,15H,4-5,7H2,1H3. The van der Waals surface area contributed by atoms with Gasteiger partial charge in [0.05, 0.1) is 0 Å². The van der Waals surface area contributed by atoms with Gasteiger partial charge in [0, 0.05) is 27.1 Å². The van der Waals surface area contributed by atoms with E-state index in [4.69, 9.17) is 23.2 Å². The lowest BCUT2D eigenvalue weighted by Gasteiger charge is -2.17. The second-order valence-electron chi connectivity index (χ2n) is 4.11. The first-order valence-electron chi connectivity index (χ1n) is 5.47. The molecule has 1 N–H and O–H groups in total. The third kappa shape index (κ3) is 3.07. The van der Waals surface area contributed by atoms with Crippen LogP contribution in [0.5, 0.6) is 0 Å². The summed E-state index contributed by atoms with van der Waals surface area (Å²) in [5.41, 5.74) is 1.16. The van der Waals surface area contributed by atoms with Crippen molar-refractivity contribution in [2.24, 2.45) is 0 Å². The van der Waals surface area contributed by atoms with E-state index in [0.29, 0.717) is 11.1 Å². The van der Waals surface area contributed by atoms with Crippen molar-refractivity contribution in [1.29, 1.82) is 0 Å². The van der Waals surface area contributed by atoms with Crippen molar-refractivity contribution in [3.8, 4) is 0 Å². The van der Waals surface area contributed by atoms with Gasteiger partial charge in [-0.3, -0.25) is 0 Å². The maximum atomic E-state index is 6.22. The summed E-state index contributed by atoms with van der Waals surface area (Å²) >= 11 is 14.1. The van der Waals surface area contributed by atoms with Crippen LogP contribution in [0.2, 0.25) is 10.0 Å². The molecule has 4 heteroatoms. The lowest BCUT2D eigenvalue weighted by molar-refractivity contribution is 0.579. The minimum absolute atomic E-state index is 0.347. The van der Waals surface area contributed by atoms with Gasteiger partial charge in [-0.25, -0.2) is 0 Å². The van der Waals surface area contributed by atoms with Crippen LogP contribution >= 0.6 is 35.0 Å². The Morgan fingerprint density at radius 2 is 2.19 bits per heavy atom. The monoisotopic (exact) mass is 275 g/mol.